The summed E-state index contributed by atoms with van der Waals surface area (Å²) >= 11 is 0. The Labute approximate surface area is 126 Å². The van der Waals surface area contributed by atoms with Crippen molar-refractivity contribution in [2.75, 3.05) is 26.4 Å². The molecule has 2 heterocycles. The number of carbonyl (C=O) groups is 1. The molecule has 1 atom stereocenters. The minimum absolute atomic E-state index is 0.121. The molecule has 1 saturated heterocycles. The van der Waals surface area contributed by atoms with Crippen LogP contribution in [0.5, 0.6) is 0 Å². The van der Waals surface area contributed by atoms with Crippen molar-refractivity contribution in [3.8, 4) is 0 Å². The Bertz CT molecular complexity index is 419. The number of amides is 1. The molecular weight excluding hydrogens is 268 g/mol. The molecule has 5 heteroatoms. The van der Waals surface area contributed by atoms with E-state index in [0.29, 0.717) is 32.7 Å². The molecule has 0 saturated carbocycles. The van der Waals surface area contributed by atoms with Gasteiger partial charge in [-0.3, -0.25) is 9.78 Å². The first kappa shape index (κ1) is 15.9. The second-order valence-electron chi connectivity index (χ2n) is 5.21. The molecule has 0 aliphatic carbocycles. The van der Waals surface area contributed by atoms with Crippen LogP contribution in [-0.4, -0.2) is 48.3 Å². The average Bonchev–Trinajstić information content (AvgIpc) is 3.01. The molecule has 0 N–H and O–H groups in total. The van der Waals surface area contributed by atoms with E-state index in [4.69, 9.17) is 9.47 Å². The van der Waals surface area contributed by atoms with E-state index in [1.807, 2.05) is 24.0 Å². The van der Waals surface area contributed by atoms with Gasteiger partial charge in [-0.2, -0.15) is 0 Å². The molecule has 1 fully saturated rings. The third-order valence-electron chi connectivity index (χ3n) is 3.59. The van der Waals surface area contributed by atoms with E-state index in [9.17, 15) is 4.79 Å². The molecule has 0 radical (unpaired) electrons. The Balaban J connectivity index is 1.93. The van der Waals surface area contributed by atoms with Crippen LogP contribution < -0.4 is 0 Å². The highest BCUT2D eigenvalue weighted by molar-refractivity contribution is 5.76. The van der Waals surface area contributed by atoms with Gasteiger partial charge in [0.2, 0.25) is 5.91 Å². The SMILES string of the molecule is CCOCCC(=O)N(Cc1ccncc1)C[C@H]1CCCO1. The van der Waals surface area contributed by atoms with Gasteiger partial charge in [0, 0.05) is 38.7 Å². The van der Waals surface area contributed by atoms with Gasteiger partial charge in [-0.1, -0.05) is 0 Å². The molecule has 1 aromatic heterocycles. The molecule has 1 aromatic rings. The number of carbonyl (C=O) groups excluding carboxylic acids is 1. The Morgan fingerprint density at radius 3 is 2.95 bits per heavy atom. The van der Waals surface area contributed by atoms with Crippen LogP contribution in [0.2, 0.25) is 0 Å². The highest BCUT2D eigenvalue weighted by Gasteiger charge is 2.22. The summed E-state index contributed by atoms with van der Waals surface area (Å²) in [7, 11) is 0. The van der Waals surface area contributed by atoms with Crippen LogP contribution in [0, 0.1) is 0 Å². The quantitative estimate of drug-likeness (QED) is 0.688. The maximum atomic E-state index is 12.4. The fourth-order valence-corrected chi connectivity index (χ4v) is 2.46. The lowest BCUT2D eigenvalue weighted by atomic mass is 10.2. The van der Waals surface area contributed by atoms with Crippen LogP contribution in [0.3, 0.4) is 0 Å². The maximum Gasteiger partial charge on any atom is 0.225 e. The van der Waals surface area contributed by atoms with E-state index in [0.717, 1.165) is 25.0 Å². The van der Waals surface area contributed by atoms with Crippen molar-refractivity contribution in [1.82, 2.24) is 9.88 Å². The number of hydrogen-bond donors (Lipinski definition) is 0. The smallest absolute Gasteiger partial charge is 0.225 e. The van der Waals surface area contributed by atoms with Crippen LogP contribution in [0.4, 0.5) is 0 Å². The molecule has 5 nitrogen and oxygen atoms in total. The molecular formula is C16H24N2O3. The summed E-state index contributed by atoms with van der Waals surface area (Å²) in [4.78, 5) is 18.3. The summed E-state index contributed by atoms with van der Waals surface area (Å²) in [6.45, 7) is 5.13. The first-order valence-corrected chi connectivity index (χ1v) is 7.65. The molecule has 0 aromatic carbocycles. The zero-order chi connectivity index (χ0) is 14.9. The van der Waals surface area contributed by atoms with Gasteiger partial charge in [-0.05, 0) is 37.5 Å². The van der Waals surface area contributed by atoms with E-state index in [1.54, 1.807) is 12.4 Å². The highest BCUT2D eigenvalue weighted by Crippen LogP contribution is 2.15. The summed E-state index contributed by atoms with van der Waals surface area (Å²) in [6.07, 6.45) is 6.22. The monoisotopic (exact) mass is 292 g/mol. The maximum absolute atomic E-state index is 12.4. The Morgan fingerprint density at radius 2 is 2.29 bits per heavy atom. The molecule has 116 valence electrons. The van der Waals surface area contributed by atoms with Crippen molar-refractivity contribution < 1.29 is 14.3 Å². The van der Waals surface area contributed by atoms with Crippen molar-refractivity contribution >= 4 is 5.91 Å². The summed E-state index contributed by atoms with van der Waals surface area (Å²) in [6, 6.07) is 3.89. The van der Waals surface area contributed by atoms with Crippen LogP contribution in [-0.2, 0) is 20.8 Å². The van der Waals surface area contributed by atoms with Gasteiger partial charge >= 0.3 is 0 Å². The molecule has 1 aliphatic heterocycles. The van der Waals surface area contributed by atoms with Gasteiger partial charge < -0.3 is 14.4 Å². The molecule has 1 aliphatic rings. The zero-order valence-corrected chi connectivity index (χ0v) is 12.7. The van der Waals surface area contributed by atoms with Crippen molar-refractivity contribution in [2.45, 2.75) is 38.8 Å². The number of aromatic nitrogens is 1. The minimum Gasteiger partial charge on any atom is -0.381 e. The van der Waals surface area contributed by atoms with Crippen molar-refractivity contribution in [2.24, 2.45) is 0 Å². The average molecular weight is 292 g/mol. The standard InChI is InChI=1S/C16H24N2O3/c1-2-20-11-7-16(19)18(13-15-4-3-10-21-15)12-14-5-8-17-9-6-14/h5-6,8-9,15H,2-4,7,10-13H2,1H3/t15-/m1/s1. The minimum atomic E-state index is 0.121. The van der Waals surface area contributed by atoms with E-state index in [2.05, 4.69) is 4.98 Å². The predicted molar refractivity (Wildman–Crippen MR) is 79.7 cm³/mol. The summed E-state index contributed by atoms with van der Waals surface area (Å²) in [5.74, 6) is 0.121. The van der Waals surface area contributed by atoms with Gasteiger partial charge in [0.1, 0.15) is 0 Å². The molecule has 0 spiro atoms. The van der Waals surface area contributed by atoms with E-state index in [1.165, 1.54) is 0 Å². The van der Waals surface area contributed by atoms with Crippen LogP contribution in [0.15, 0.2) is 24.5 Å². The fourth-order valence-electron chi connectivity index (χ4n) is 2.46. The largest absolute Gasteiger partial charge is 0.381 e. The Morgan fingerprint density at radius 1 is 1.48 bits per heavy atom. The van der Waals surface area contributed by atoms with E-state index >= 15 is 0 Å². The van der Waals surface area contributed by atoms with Crippen LogP contribution >= 0.6 is 0 Å². The number of pyridine rings is 1. The number of ether oxygens (including phenoxy) is 2. The number of hydrogen-bond acceptors (Lipinski definition) is 4. The third-order valence-corrected chi connectivity index (χ3v) is 3.59. The molecule has 0 bridgehead atoms. The second-order valence-corrected chi connectivity index (χ2v) is 5.21. The first-order chi connectivity index (χ1) is 10.3. The lowest BCUT2D eigenvalue weighted by Gasteiger charge is -2.25. The predicted octanol–water partition coefficient (Wildman–Crippen LogP) is 2.02. The van der Waals surface area contributed by atoms with Gasteiger partial charge in [-0.15, -0.1) is 0 Å². The van der Waals surface area contributed by atoms with Gasteiger partial charge in [0.05, 0.1) is 19.1 Å². The van der Waals surface area contributed by atoms with E-state index in [-0.39, 0.29) is 12.0 Å². The lowest BCUT2D eigenvalue weighted by Crippen LogP contribution is -2.37. The van der Waals surface area contributed by atoms with Crippen LogP contribution in [0.1, 0.15) is 31.7 Å². The number of rotatable bonds is 8. The molecule has 21 heavy (non-hydrogen) atoms. The topological polar surface area (TPSA) is 51.7 Å². The zero-order valence-electron chi connectivity index (χ0n) is 12.7. The summed E-state index contributed by atoms with van der Waals surface area (Å²) in [5.41, 5.74) is 1.09. The highest BCUT2D eigenvalue weighted by atomic mass is 16.5. The van der Waals surface area contributed by atoms with Crippen molar-refractivity contribution in [1.29, 1.82) is 0 Å². The second kappa shape index (κ2) is 8.74. The lowest BCUT2D eigenvalue weighted by molar-refractivity contribution is -0.134. The molecule has 2 rings (SSSR count). The van der Waals surface area contributed by atoms with Crippen molar-refractivity contribution in [3.63, 3.8) is 0 Å². The van der Waals surface area contributed by atoms with Crippen molar-refractivity contribution in [3.05, 3.63) is 30.1 Å². The van der Waals surface area contributed by atoms with Gasteiger partial charge in [-0.25, -0.2) is 0 Å². The summed E-state index contributed by atoms with van der Waals surface area (Å²) in [5, 5.41) is 0. The fraction of sp³-hybridized carbons (Fsp3) is 0.625. The van der Waals surface area contributed by atoms with Gasteiger partial charge in [0.25, 0.3) is 0 Å². The molecule has 1 amide bonds. The Kier molecular flexibility index (Phi) is 6.63. The summed E-state index contributed by atoms with van der Waals surface area (Å²) < 4.78 is 10.9. The number of nitrogens with zero attached hydrogens (tertiary/aromatic N) is 2. The Hall–Kier alpha value is -1.46. The first-order valence-electron chi connectivity index (χ1n) is 7.65. The van der Waals surface area contributed by atoms with Crippen LogP contribution in [0.25, 0.3) is 0 Å². The normalized spacial score (nSPS) is 17.9. The van der Waals surface area contributed by atoms with E-state index < -0.39 is 0 Å². The molecule has 0 unspecified atom stereocenters. The third kappa shape index (κ3) is 5.44. The van der Waals surface area contributed by atoms with Gasteiger partial charge in [0.15, 0.2) is 0 Å².